The van der Waals surface area contributed by atoms with Gasteiger partial charge >= 0.3 is 0 Å². The molecule has 122 valence electrons. The first-order chi connectivity index (χ1) is 11.5. The highest BCUT2D eigenvalue weighted by Crippen LogP contribution is 2.39. The Labute approximate surface area is 149 Å². The highest BCUT2D eigenvalue weighted by atomic mass is 35.5. The first-order valence-corrected chi connectivity index (χ1v) is 8.86. The van der Waals surface area contributed by atoms with E-state index in [-0.39, 0.29) is 5.56 Å². The second kappa shape index (κ2) is 6.34. The van der Waals surface area contributed by atoms with E-state index in [0.717, 1.165) is 5.56 Å². The monoisotopic (exact) mass is 358 g/mol. The van der Waals surface area contributed by atoms with Crippen LogP contribution in [0.5, 0.6) is 0 Å². The summed E-state index contributed by atoms with van der Waals surface area (Å²) in [7, 11) is 1.69. The lowest BCUT2D eigenvalue weighted by molar-refractivity contribution is 0.685. The first-order valence-electron chi connectivity index (χ1n) is 7.26. The van der Waals surface area contributed by atoms with Crippen molar-refractivity contribution < 1.29 is 0 Å². The maximum Gasteiger partial charge on any atom is 0.260 e. The van der Waals surface area contributed by atoms with Gasteiger partial charge in [-0.1, -0.05) is 35.5 Å². The zero-order valence-corrected chi connectivity index (χ0v) is 15.0. The standard InChI is InChI=1S/C17H15ClN4OS/c1-9-12(8-19)13(10-4-6-11(18)7-5-10)14-15(20-9)21-17(24-3)22(2)16(14)23/h4-7,13,20H,1-3H3. The van der Waals surface area contributed by atoms with Gasteiger partial charge in [0.05, 0.1) is 23.1 Å². The van der Waals surface area contributed by atoms with Crippen LogP contribution in [0.15, 0.2) is 45.5 Å². The number of hydrogen-bond acceptors (Lipinski definition) is 5. The third-order valence-electron chi connectivity index (χ3n) is 4.08. The molecule has 1 aromatic heterocycles. The van der Waals surface area contributed by atoms with E-state index < -0.39 is 5.92 Å². The fourth-order valence-corrected chi connectivity index (χ4v) is 3.55. The third kappa shape index (κ3) is 2.60. The molecule has 2 aromatic rings. The average Bonchev–Trinajstić information content (AvgIpc) is 2.57. The summed E-state index contributed by atoms with van der Waals surface area (Å²) >= 11 is 7.38. The maximum absolute atomic E-state index is 12.9. The predicted octanol–water partition coefficient (Wildman–Crippen LogP) is 3.51. The largest absolute Gasteiger partial charge is 0.343 e. The Morgan fingerprint density at radius 1 is 1.38 bits per heavy atom. The lowest BCUT2D eigenvalue weighted by Gasteiger charge is -2.27. The summed E-state index contributed by atoms with van der Waals surface area (Å²) < 4.78 is 1.52. The number of nitrogens with zero attached hydrogens (tertiary/aromatic N) is 3. The van der Waals surface area contributed by atoms with E-state index in [0.29, 0.717) is 32.8 Å². The van der Waals surface area contributed by atoms with Crippen molar-refractivity contribution in [2.24, 2.45) is 7.05 Å². The zero-order chi connectivity index (χ0) is 17.4. The van der Waals surface area contributed by atoms with Gasteiger partial charge in [-0.2, -0.15) is 5.26 Å². The van der Waals surface area contributed by atoms with Crippen LogP contribution in [0, 0.1) is 11.3 Å². The molecule has 1 N–H and O–H groups in total. The van der Waals surface area contributed by atoms with Crippen molar-refractivity contribution in [3.05, 3.63) is 62.0 Å². The van der Waals surface area contributed by atoms with E-state index in [1.165, 1.54) is 16.3 Å². The molecule has 1 aliphatic heterocycles. The topological polar surface area (TPSA) is 70.7 Å². The molecular formula is C17H15ClN4OS. The van der Waals surface area contributed by atoms with Crippen LogP contribution in [0.1, 0.15) is 24.0 Å². The highest BCUT2D eigenvalue weighted by Gasteiger charge is 2.32. The first kappa shape index (κ1) is 16.6. The second-order valence-electron chi connectivity index (χ2n) is 5.48. The van der Waals surface area contributed by atoms with Gasteiger partial charge in [0.25, 0.3) is 5.56 Å². The van der Waals surface area contributed by atoms with Crippen LogP contribution in [-0.2, 0) is 7.05 Å². The predicted molar refractivity (Wildman–Crippen MR) is 96.5 cm³/mol. The van der Waals surface area contributed by atoms with E-state index in [4.69, 9.17) is 11.6 Å². The van der Waals surface area contributed by atoms with E-state index in [1.807, 2.05) is 25.3 Å². The quantitative estimate of drug-likeness (QED) is 0.657. The number of hydrogen-bond donors (Lipinski definition) is 1. The van der Waals surface area contributed by atoms with Crippen LogP contribution in [0.2, 0.25) is 5.02 Å². The van der Waals surface area contributed by atoms with Crippen LogP contribution in [0.4, 0.5) is 5.82 Å². The van der Waals surface area contributed by atoms with Crippen molar-refractivity contribution in [3.63, 3.8) is 0 Å². The highest BCUT2D eigenvalue weighted by molar-refractivity contribution is 7.98. The summed E-state index contributed by atoms with van der Waals surface area (Å²) in [6.45, 7) is 1.82. The Kier molecular flexibility index (Phi) is 4.39. The molecule has 2 heterocycles. The number of aromatic nitrogens is 2. The van der Waals surface area contributed by atoms with Crippen LogP contribution in [0.25, 0.3) is 0 Å². The number of benzene rings is 1. The lowest BCUT2D eigenvalue weighted by Crippen LogP contribution is -2.31. The smallest absolute Gasteiger partial charge is 0.260 e. The fourth-order valence-electron chi connectivity index (χ4n) is 2.88. The summed E-state index contributed by atoms with van der Waals surface area (Å²) in [5, 5.41) is 14.0. The van der Waals surface area contributed by atoms with Crippen LogP contribution >= 0.6 is 23.4 Å². The van der Waals surface area contributed by atoms with Gasteiger partial charge in [-0.15, -0.1) is 0 Å². The molecule has 0 bridgehead atoms. The fraction of sp³-hybridized carbons (Fsp3) is 0.235. The summed E-state index contributed by atoms with van der Waals surface area (Å²) in [5.74, 6) is 0.0597. The molecule has 1 aliphatic rings. The number of thioether (sulfide) groups is 1. The minimum atomic E-state index is -0.453. The number of nitrogens with one attached hydrogen (secondary N) is 1. The summed E-state index contributed by atoms with van der Waals surface area (Å²) in [5.41, 5.74) is 2.39. The zero-order valence-electron chi connectivity index (χ0n) is 13.4. The van der Waals surface area contributed by atoms with Crippen LogP contribution in [-0.4, -0.2) is 15.8 Å². The molecule has 0 spiro atoms. The molecule has 0 fully saturated rings. The molecule has 0 radical (unpaired) electrons. The van der Waals surface area contributed by atoms with E-state index in [9.17, 15) is 10.1 Å². The molecule has 1 unspecified atom stereocenters. The van der Waals surface area contributed by atoms with Crippen molar-refractivity contribution in [2.75, 3.05) is 11.6 Å². The van der Waals surface area contributed by atoms with Crippen molar-refractivity contribution in [1.82, 2.24) is 9.55 Å². The van der Waals surface area contributed by atoms with Gasteiger partial charge in [0, 0.05) is 17.8 Å². The summed E-state index contributed by atoms with van der Waals surface area (Å²) in [6.07, 6.45) is 1.87. The summed E-state index contributed by atoms with van der Waals surface area (Å²) in [4.78, 5) is 17.5. The molecule has 3 rings (SSSR count). The minimum absolute atomic E-state index is 0.156. The van der Waals surface area contributed by atoms with Gasteiger partial charge in [0.1, 0.15) is 5.82 Å². The van der Waals surface area contributed by atoms with Gasteiger partial charge < -0.3 is 5.32 Å². The van der Waals surface area contributed by atoms with Gasteiger partial charge in [-0.05, 0) is 30.9 Å². The van der Waals surface area contributed by atoms with Crippen molar-refractivity contribution in [2.45, 2.75) is 18.0 Å². The molecule has 0 saturated heterocycles. The minimum Gasteiger partial charge on any atom is -0.343 e. The van der Waals surface area contributed by atoms with Crippen LogP contribution < -0.4 is 10.9 Å². The number of anilines is 1. The van der Waals surface area contributed by atoms with Crippen molar-refractivity contribution >= 4 is 29.2 Å². The van der Waals surface area contributed by atoms with E-state index in [2.05, 4.69) is 16.4 Å². The molecule has 0 amide bonds. The van der Waals surface area contributed by atoms with Gasteiger partial charge in [0.15, 0.2) is 5.16 Å². The summed E-state index contributed by atoms with van der Waals surface area (Å²) in [6, 6.07) is 9.44. The molecule has 5 nitrogen and oxygen atoms in total. The molecule has 24 heavy (non-hydrogen) atoms. The Bertz CT molecular complexity index is 941. The molecular weight excluding hydrogens is 344 g/mol. The Morgan fingerprint density at radius 3 is 2.62 bits per heavy atom. The number of halogens is 1. The Morgan fingerprint density at radius 2 is 2.04 bits per heavy atom. The molecule has 0 aliphatic carbocycles. The average molecular weight is 359 g/mol. The molecule has 0 saturated carbocycles. The normalized spacial score (nSPS) is 16.4. The van der Waals surface area contributed by atoms with Gasteiger partial charge in [0.2, 0.25) is 0 Å². The third-order valence-corrected chi connectivity index (χ3v) is 5.06. The second-order valence-corrected chi connectivity index (χ2v) is 6.69. The van der Waals surface area contributed by atoms with Gasteiger partial charge in [-0.25, -0.2) is 4.98 Å². The molecule has 7 heteroatoms. The van der Waals surface area contributed by atoms with Crippen LogP contribution in [0.3, 0.4) is 0 Å². The lowest BCUT2D eigenvalue weighted by atomic mass is 9.83. The number of fused-ring (bicyclic) bond motifs is 1. The van der Waals surface area contributed by atoms with Gasteiger partial charge in [-0.3, -0.25) is 9.36 Å². The van der Waals surface area contributed by atoms with E-state index >= 15 is 0 Å². The maximum atomic E-state index is 12.9. The Balaban J connectivity index is 2.32. The van der Waals surface area contributed by atoms with Crippen molar-refractivity contribution in [3.8, 4) is 6.07 Å². The number of allylic oxidation sites excluding steroid dienone is 2. The van der Waals surface area contributed by atoms with E-state index in [1.54, 1.807) is 19.2 Å². The molecule has 1 aromatic carbocycles. The van der Waals surface area contributed by atoms with Crippen molar-refractivity contribution in [1.29, 1.82) is 5.26 Å². The number of rotatable bonds is 2. The SMILES string of the molecule is CSc1nc2c(c(=O)n1C)C(c1ccc(Cl)cc1)C(C#N)=C(C)N2. The Hall–Kier alpha value is -2.23. The number of nitriles is 1. The molecule has 1 atom stereocenters.